The highest BCUT2D eigenvalue weighted by Crippen LogP contribution is 2.21. The highest BCUT2D eigenvalue weighted by atomic mass is 15.2. The average molecular weight is 240 g/mol. The molecule has 0 amide bonds. The summed E-state index contributed by atoms with van der Waals surface area (Å²) in [5.74, 6) is 0.926. The average Bonchev–Trinajstić information content (AvgIpc) is 2.18. The Morgan fingerprint density at radius 3 is 2.47 bits per heavy atom. The number of hydrogen-bond acceptors (Lipinski definition) is 2. The van der Waals surface area contributed by atoms with E-state index in [1.807, 2.05) is 0 Å². The molecule has 0 spiro atoms. The van der Waals surface area contributed by atoms with E-state index in [1.54, 1.807) is 0 Å². The molecule has 2 nitrogen and oxygen atoms in total. The number of piperidine rings is 1. The van der Waals surface area contributed by atoms with Gasteiger partial charge in [0.05, 0.1) is 0 Å². The number of nitrogens with one attached hydrogen (secondary N) is 1. The molecule has 2 heteroatoms. The van der Waals surface area contributed by atoms with Gasteiger partial charge in [0, 0.05) is 19.1 Å². The SMILES string of the molecule is CC1CCN(CCNCCC(C)(C)C)C(C)C1. The van der Waals surface area contributed by atoms with Crippen molar-refractivity contribution in [3.8, 4) is 0 Å². The van der Waals surface area contributed by atoms with Crippen molar-refractivity contribution in [1.29, 1.82) is 0 Å². The number of nitrogens with zero attached hydrogens (tertiary/aromatic N) is 1. The Morgan fingerprint density at radius 1 is 1.18 bits per heavy atom. The lowest BCUT2D eigenvalue weighted by molar-refractivity contribution is 0.130. The van der Waals surface area contributed by atoms with Crippen LogP contribution >= 0.6 is 0 Å². The van der Waals surface area contributed by atoms with Crippen molar-refractivity contribution < 1.29 is 0 Å². The summed E-state index contributed by atoms with van der Waals surface area (Å²) in [6.45, 7) is 16.5. The molecular formula is C15H32N2. The van der Waals surface area contributed by atoms with Gasteiger partial charge in [0.1, 0.15) is 0 Å². The van der Waals surface area contributed by atoms with Crippen LogP contribution in [0.4, 0.5) is 0 Å². The van der Waals surface area contributed by atoms with Gasteiger partial charge in [-0.3, -0.25) is 4.90 Å². The minimum absolute atomic E-state index is 0.459. The molecule has 0 aliphatic carbocycles. The Hall–Kier alpha value is -0.0800. The van der Waals surface area contributed by atoms with E-state index in [2.05, 4.69) is 44.8 Å². The zero-order valence-corrected chi connectivity index (χ0v) is 12.6. The first-order valence-electron chi connectivity index (χ1n) is 7.33. The highest BCUT2D eigenvalue weighted by molar-refractivity contribution is 4.77. The molecule has 2 unspecified atom stereocenters. The van der Waals surface area contributed by atoms with E-state index in [1.165, 1.54) is 32.4 Å². The fourth-order valence-electron chi connectivity index (χ4n) is 2.60. The van der Waals surface area contributed by atoms with Gasteiger partial charge in [-0.05, 0) is 50.6 Å². The predicted molar refractivity (Wildman–Crippen MR) is 76.4 cm³/mol. The lowest BCUT2D eigenvalue weighted by Crippen LogP contribution is -2.43. The molecule has 1 N–H and O–H groups in total. The second kappa shape index (κ2) is 6.75. The lowest BCUT2D eigenvalue weighted by Gasteiger charge is -2.36. The third-order valence-corrected chi connectivity index (χ3v) is 3.90. The van der Waals surface area contributed by atoms with E-state index in [0.29, 0.717) is 5.41 Å². The van der Waals surface area contributed by atoms with Crippen LogP contribution in [0.1, 0.15) is 53.9 Å². The van der Waals surface area contributed by atoms with E-state index in [-0.39, 0.29) is 0 Å². The lowest BCUT2D eigenvalue weighted by atomic mass is 9.92. The summed E-state index contributed by atoms with van der Waals surface area (Å²) in [4.78, 5) is 2.64. The second-order valence-corrected chi connectivity index (χ2v) is 7.08. The topological polar surface area (TPSA) is 15.3 Å². The van der Waals surface area contributed by atoms with Crippen molar-refractivity contribution in [2.45, 2.75) is 59.9 Å². The normalized spacial score (nSPS) is 27.4. The molecule has 0 aromatic carbocycles. The van der Waals surface area contributed by atoms with E-state index in [0.717, 1.165) is 25.0 Å². The van der Waals surface area contributed by atoms with Gasteiger partial charge in [-0.1, -0.05) is 27.7 Å². The van der Waals surface area contributed by atoms with Crippen LogP contribution in [0.3, 0.4) is 0 Å². The minimum Gasteiger partial charge on any atom is -0.315 e. The summed E-state index contributed by atoms with van der Waals surface area (Å²) < 4.78 is 0. The quantitative estimate of drug-likeness (QED) is 0.743. The predicted octanol–water partition coefficient (Wildman–Crippen LogP) is 3.13. The molecule has 1 aliphatic heterocycles. The molecule has 0 saturated carbocycles. The molecule has 102 valence electrons. The van der Waals surface area contributed by atoms with Gasteiger partial charge in [0.2, 0.25) is 0 Å². The molecule has 1 aliphatic rings. The van der Waals surface area contributed by atoms with Gasteiger partial charge in [-0.25, -0.2) is 0 Å². The van der Waals surface area contributed by atoms with E-state index in [9.17, 15) is 0 Å². The smallest absolute Gasteiger partial charge is 0.0110 e. The first-order chi connectivity index (χ1) is 7.88. The van der Waals surface area contributed by atoms with Gasteiger partial charge in [0.25, 0.3) is 0 Å². The molecule has 0 radical (unpaired) electrons. The zero-order valence-electron chi connectivity index (χ0n) is 12.6. The van der Waals surface area contributed by atoms with E-state index in [4.69, 9.17) is 0 Å². The van der Waals surface area contributed by atoms with Crippen molar-refractivity contribution in [3.05, 3.63) is 0 Å². The maximum Gasteiger partial charge on any atom is 0.0110 e. The molecule has 0 bridgehead atoms. The van der Waals surface area contributed by atoms with Crippen molar-refractivity contribution >= 4 is 0 Å². The summed E-state index contributed by atoms with van der Waals surface area (Å²) in [5.41, 5.74) is 0.459. The van der Waals surface area contributed by atoms with Gasteiger partial charge < -0.3 is 5.32 Å². The van der Waals surface area contributed by atoms with Crippen molar-refractivity contribution in [1.82, 2.24) is 10.2 Å². The monoisotopic (exact) mass is 240 g/mol. The van der Waals surface area contributed by atoms with Gasteiger partial charge in [0.15, 0.2) is 0 Å². The van der Waals surface area contributed by atoms with Crippen LogP contribution in [-0.4, -0.2) is 37.1 Å². The van der Waals surface area contributed by atoms with Gasteiger partial charge in [-0.15, -0.1) is 0 Å². The minimum atomic E-state index is 0.459. The third kappa shape index (κ3) is 6.42. The number of likely N-dealkylation sites (tertiary alicyclic amines) is 1. The maximum absolute atomic E-state index is 3.58. The van der Waals surface area contributed by atoms with Crippen LogP contribution in [0.2, 0.25) is 0 Å². The van der Waals surface area contributed by atoms with Crippen molar-refractivity contribution in [3.63, 3.8) is 0 Å². The van der Waals surface area contributed by atoms with Crippen LogP contribution in [0, 0.1) is 11.3 Å². The standard InChI is InChI=1S/C15H32N2/c1-13-6-10-17(14(2)12-13)11-9-16-8-7-15(3,4)5/h13-14,16H,6-12H2,1-5H3. The first kappa shape index (κ1) is 15.0. The molecular weight excluding hydrogens is 208 g/mol. The molecule has 17 heavy (non-hydrogen) atoms. The molecule has 1 rings (SSSR count). The van der Waals surface area contributed by atoms with E-state index < -0.39 is 0 Å². The fraction of sp³-hybridized carbons (Fsp3) is 1.00. The molecule has 1 fully saturated rings. The van der Waals surface area contributed by atoms with Crippen molar-refractivity contribution in [2.75, 3.05) is 26.2 Å². The third-order valence-electron chi connectivity index (χ3n) is 3.90. The fourth-order valence-corrected chi connectivity index (χ4v) is 2.60. The molecule has 0 aromatic rings. The van der Waals surface area contributed by atoms with Crippen LogP contribution in [-0.2, 0) is 0 Å². The Kier molecular flexibility index (Phi) is 5.94. The van der Waals surface area contributed by atoms with Crippen LogP contribution in [0.15, 0.2) is 0 Å². The second-order valence-electron chi connectivity index (χ2n) is 7.08. The van der Waals surface area contributed by atoms with E-state index >= 15 is 0 Å². The Bertz CT molecular complexity index is 207. The first-order valence-corrected chi connectivity index (χ1v) is 7.33. The molecule has 2 atom stereocenters. The number of rotatable bonds is 5. The summed E-state index contributed by atoms with van der Waals surface area (Å²) in [6.07, 6.45) is 4.02. The molecule has 1 saturated heterocycles. The number of hydrogen-bond donors (Lipinski definition) is 1. The van der Waals surface area contributed by atoms with Gasteiger partial charge >= 0.3 is 0 Å². The summed E-state index contributed by atoms with van der Waals surface area (Å²) >= 11 is 0. The summed E-state index contributed by atoms with van der Waals surface area (Å²) in [7, 11) is 0. The van der Waals surface area contributed by atoms with Gasteiger partial charge in [-0.2, -0.15) is 0 Å². The Balaban J connectivity index is 2.06. The molecule has 0 aromatic heterocycles. The summed E-state index contributed by atoms with van der Waals surface area (Å²) in [6, 6.07) is 0.781. The maximum atomic E-state index is 3.58. The zero-order chi connectivity index (χ0) is 12.9. The van der Waals surface area contributed by atoms with Crippen LogP contribution in [0.25, 0.3) is 0 Å². The van der Waals surface area contributed by atoms with Crippen LogP contribution < -0.4 is 5.32 Å². The van der Waals surface area contributed by atoms with Crippen molar-refractivity contribution in [2.24, 2.45) is 11.3 Å². The van der Waals surface area contributed by atoms with Crippen LogP contribution in [0.5, 0.6) is 0 Å². The largest absolute Gasteiger partial charge is 0.315 e. The highest BCUT2D eigenvalue weighted by Gasteiger charge is 2.21. The Morgan fingerprint density at radius 2 is 1.88 bits per heavy atom. The Labute approximate surface area is 108 Å². The summed E-state index contributed by atoms with van der Waals surface area (Å²) in [5, 5.41) is 3.58. The molecule has 1 heterocycles.